The molecule has 1 saturated heterocycles. The fourth-order valence-corrected chi connectivity index (χ4v) is 4.14. The number of nitrogens with one attached hydrogen (secondary N) is 1. The van der Waals surface area contributed by atoms with E-state index in [1.807, 2.05) is 4.90 Å². The SMILES string of the molecule is O=C(Nc1cnn2ccc(N3CCC[C@@H]3c3cc(F)ccc3F)nc12)N1C=CCN(O)C1. The van der Waals surface area contributed by atoms with E-state index >= 15 is 0 Å². The van der Waals surface area contributed by atoms with Crippen LogP contribution in [0.4, 0.5) is 25.1 Å². The van der Waals surface area contributed by atoms with Gasteiger partial charge in [-0.25, -0.2) is 23.1 Å². The molecule has 166 valence electrons. The number of carbonyl (C=O) groups is 1. The average molecular weight is 441 g/mol. The van der Waals surface area contributed by atoms with Crippen LogP contribution in [0.3, 0.4) is 0 Å². The van der Waals surface area contributed by atoms with Crippen LogP contribution in [0.5, 0.6) is 0 Å². The fraction of sp³-hybridized carbons (Fsp3) is 0.286. The van der Waals surface area contributed by atoms with Gasteiger partial charge in [-0.3, -0.25) is 4.90 Å². The molecule has 2 aromatic heterocycles. The van der Waals surface area contributed by atoms with E-state index in [1.54, 1.807) is 24.5 Å². The van der Waals surface area contributed by atoms with E-state index in [2.05, 4.69) is 15.4 Å². The van der Waals surface area contributed by atoms with Crippen molar-refractivity contribution < 1.29 is 18.8 Å². The summed E-state index contributed by atoms with van der Waals surface area (Å²) in [5.74, 6) is -0.348. The lowest BCUT2D eigenvalue weighted by Gasteiger charge is -2.27. The van der Waals surface area contributed by atoms with Crippen molar-refractivity contribution >= 4 is 23.2 Å². The van der Waals surface area contributed by atoms with E-state index in [0.717, 1.165) is 23.6 Å². The summed E-state index contributed by atoms with van der Waals surface area (Å²) in [5, 5.41) is 17.6. The molecule has 0 unspecified atom stereocenters. The molecule has 1 atom stereocenters. The fourth-order valence-electron chi connectivity index (χ4n) is 4.14. The lowest BCUT2D eigenvalue weighted by atomic mass is 10.0. The summed E-state index contributed by atoms with van der Waals surface area (Å²) in [6, 6.07) is 4.47. The summed E-state index contributed by atoms with van der Waals surface area (Å²) in [4.78, 5) is 20.5. The highest BCUT2D eigenvalue weighted by molar-refractivity contribution is 5.93. The van der Waals surface area contributed by atoms with E-state index in [9.17, 15) is 18.8 Å². The van der Waals surface area contributed by atoms with Crippen molar-refractivity contribution in [3.8, 4) is 0 Å². The number of fused-ring (bicyclic) bond motifs is 1. The zero-order chi connectivity index (χ0) is 22.2. The number of halogens is 2. The summed E-state index contributed by atoms with van der Waals surface area (Å²) >= 11 is 0. The summed E-state index contributed by atoms with van der Waals surface area (Å²) in [6.07, 6.45) is 7.94. The Balaban J connectivity index is 1.43. The van der Waals surface area contributed by atoms with E-state index in [4.69, 9.17) is 0 Å². The first-order chi connectivity index (χ1) is 15.5. The summed E-state index contributed by atoms with van der Waals surface area (Å²) < 4.78 is 29.7. The third-order valence-electron chi connectivity index (χ3n) is 5.64. The predicted molar refractivity (Wildman–Crippen MR) is 112 cm³/mol. The van der Waals surface area contributed by atoms with E-state index in [1.165, 1.54) is 21.7 Å². The second-order valence-electron chi connectivity index (χ2n) is 7.74. The number of nitrogens with zero attached hydrogens (tertiary/aromatic N) is 6. The van der Waals surface area contributed by atoms with Gasteiger partial charge in [-0.15, -0.1) is 0 Å². The molecule has 4 heterocycles. The molecule has 3 aromatic rings. The highest BCUT2D eigenvalue weighted by atomic mass is 19.1. The van der Waals surface area contributed by atoms with Gasteiger partial charge in [0.2, 0.25) is 0 Å². The minimum Gasteiger partial charge on any atom is -0.349 e. The first kappa shape index (κ1) is 20.3. The van der Waals surface area contributed by atoms with Gasteiger partial charge >= 0.3 is 6.03 Å². The highest BCUT2D eigenvalue weighted by Crippen LogP contribution is 2.37. The number of anilines is 2. The molecule has 2 aliphatic rings. The van der Waals surface area contributed by atoms with Crippen LogP contribution in [0.25, 0.3) is 5.65 Å². The maximum Gasteiger partial charge on any atom is 0.327 e. The maximum absolute atomic E-state index is 14.4. The van der Waals surface area contributed by atoms with Crippen LogP contribution in [0, 0.1) is 11.6 Å². The first-order valence-electron chi connectivity index (χ1n) is 10.2. The molecule has 1 fully saturated rings. The van der Waals surface area contributed by atoms with Crippen LogP contribution in [-0.4, -0.2) is 55.6 Å². The Morgan fingerprint density at radius 3 is 2.97 bits per heavy atom. The number of rotatable bonds is 3. The van der Waals surface area contributed by atoms with Gasteiger partial charge in [-0.05, 0) is 37.1 Å². The van der Waals surface area contributed by atoms with Crippen LogP contribution in [-0.2, 0) is 0 Å². The first-order valence-corrected chi connectivity index (χ1v) is 10.2. The molecule has 2 amide bonds. The van der Waals surface area contributed by atoms with Crippen LogP contribution >= 0.6 is 0 Å². The van der Waals surface area contributed by atoms with Gasteiger partial charge in [0.05, 0.1) is 12.2 Å². The highest BCUT2D eigenvalue weighted by Gasteiger charge is 2.30. The van der Waals surface area contributed by atoms with Crippen molar-refractivity contribution in [3.63, 3.8) is 0 Å². The summed E-state index contributed by atoms with van der Waals surface area (Å²) in [7, 11) is 0. The van der Waals surface area contributed by atoms with E-state index in [0.29, 0.717) is 42.2 Å². The smallest absolute Gasteiger partial charge is 0.327 e. The third kappa shape index (κ3) is 3.76. The third-order valence-corrected chi connectivity index (χ3v) is 5.64. The van der Waals surface area contributed by atoms with Gasteiger partial charge in [0.15, 0.2) is 5.65 Å². The monoisotopic (exact) mass is 441 g/mol. The molecule has 2 aliphatic heterocycles. The molecule has 11 heteroatoms. The van der Waals surface area contributed by atoms with Crippen molar-refractivity contribution in [1.82, 2.24) is 24.6 Å². The molecular weight excluding hydrogens is 420 g/mol. The second kappa shape index (κ2) is 8.17. The van der Waals surface area contributed by atoms with Crippen molar-refractivity contribution in [1.29, 1.82) is 0 Å². The Bertz CT molecular complexity index is 1200. The molecule has 0 radical (unpaired) electrons. The van der Waals surface area contributed by atoms with Gasteiger partial charge in [0, 0.05) is 31.0 Å². The second-order valence-corrected chi connectivity index (χ2v) is 7.74. The number of amides is 2. The number of carbonyl (C=O) groups excluding carboxylic acids is 1. The van der Waals surface area contributed by atoms with E-state index < -0.39 is 17.7 Å². The molecule has 0 bridgehead atoms. The summed E-state index contributed by atoms with van der Waals surface area (Å²) in [6.45, 7) is 1.02. The van der Waals surface area contributed by atoms with Gasteiger partial charge < -0.3 is 15.4 Å². The molecule has 0 aliphatic carbocycles. The van der Waals surface area contributed by atoms with Crippen molar-refractivity contribution in [2.75, 3.05) is 30.0 Å². The van der Waals surface area contributed by atoms with Crippen molar-refractivity contribution in [2.24, 2.45) is 0 Å². The Labute approximate surface area is 182 Å². The van der Waals surface area contributed by atoms with Gasteiger partial charge in [0.1, 0.15) is 29.8 Å². The number of aromatic nitrogens is 3. The zero-order valence-electron chi connectivity index (χ0n) is 17.0. The minimum absolute atomic E-state index is 0.0366. The normalized spacial score (nSPS) is 19.2. The van der Waals surface area contributed by atoms with Crippen molar-refractivity contribution in [2.45, 2.75) is 18.9 Å². The number of benzene rings is 1. The molecule has 1 aromatic carbocycles. The molecule has 32 heavy (non-hydrogen) atoms. The Hall–Kier alpha value is -3.57. The van der Waals surface area contributed by atoms with Gasteiger partial charge in [-0.1, -0.05) is 6.08 Å². The topological polar surface area (TPSA) is 89.2 Å². The quantitative estimate of drug-likeness (QED) is 0.648. The number of hydrogen-bond acceptors (Lipinski definition) is 6. The zero-order valence-corrected chi connectivity index (χ0v) is 17.0. The van der Waals surface area contributed by atoms with Crippen molar-refractivity contribution in [3.05, 3.63) is 66.1 Å². The maximum atomic E-state index is 14.4. The average Bonchev–Trinajstić information content (AvgIpc) is 3.42. The summed E-state index contributed by atoms with van der Waals surface area (Å²) in [5.41, 5.74) is 1.12. The Morgan fingerprint density at radius 1 is 1.25 bits per heavy atom. The number of hydroxylamine groups is 2. The molecule has 9 nitrogen and oxygen atoms in total. The van der Waals surface area contributed by atoms with Crippen LogP contribution in [0.2, 0.25) is 0 Å². The minimum atomic E-state index is -0.481. The Morgan fingerprint density at radius 2 is 2.12 bits per heavy atom. The van der Waals surface area contributed by atoms with Gasteiger partial charge in [0.25, 0.3) is 0 Å². The Kier molecular flexibility index (Phi) is 5.19. The molecular formula is C21H21F2N7O2. The van der Waals surface area contributed by atoms with Crippen LogP contribution in [0.1, 0.15) is 24.4 Å². The molecule has 0 spiro atoms. The number of urea groups is 1. The van der Waals surface area contributed by atoms with Crippen LogP contribution < -0.4 is 10.2 Å². The molecule has 2 N–H and O–H groups in total. The van der Waals surface area contributed by atoms with Gasteiger partial charge in [-0.2, -0.15) is 10.2 Å². The van der Waals surface area contributed by atoms with Crippen LogP contribution in [0.15, 0.2) is 48.9 Å². The number of hydrogen-bond donors (Lipinski definition) is 2. The lowest BCUT2D eigenvalue weighted by molar-refractivity contribution is -0.106. The largest absolute Gasteiger partial charge is 0.349 e. The lowest BCUT2D eigenvalue weighted by Crippen LogP contribution is -2.41. The molecule has 5 rings (SSSR count). The predicted octanol–water partition coefficient (Wildman–Crippen LogP) is 3.36. The van der Waals surface area contributed by atoms with E-state index in [-0.39, 0.29) is 12.7 Å². The molecule has 0 saturated carbocycles. The standard InChI is InChI=1S/C21H21F2N7O2/c22-14-4-5-16(23)15(11-14)18-3-1-9-29(18)19-6-10-30-20(26-19)17(12-24-30)25-21(31)27-7-2-8-28(32)13-27/h2,4-7,10-12,18,32H,1,3,8-9,13H2,(H,25,31)/t18-/m1/s1.